The Hall–Kier alpha value is -2.67. The van der Waals surface area contributed by atoms with Crippen LogP contribution in [-0.4, -0.2) is 28.3 Å². The van der Waals surface area contributed by atoms with Gasteiger partial charge in [0.25, 0.3) is 0 Å². The molecule has 2 N–H and O–H groups in total. The molecular weight excluding hydrogens is 413 g/mol. The molecule has 0 saturated heterocycles. The summed E-state index contributed by atoms with van der Waals surface area (Å²) in [5.74, 6) is -1.51. The molecular formula is C20H19BrFN3O2. The maximum Gasteiger partial charge on any atom is 0.244 e. The molecule has 3 aromatic rings. The van der Waals surface area contributed by atoms with Gasteiger partial charge in [0.2, 0.25) is 11.8 Å². The van der Waals surface area contributed by atoms with Gasteiger partial charge in [0.15, 0.2) is 0 Å². The molecule has 0 aliphatic carbocycles. The van der Waals surface area contributed by atoms with Crippen molar-refractivity contribution in [3.63, 3.8) is 0 Å². The van der Waals surface area contributed by atoms with Crippen molar-refractivity contribution in [2.75, 3.05) is 7.05 Å². The first-order valence-electron chi connectivity index (χ1n) is 8.35. The van der Waals surface area contributed by atoms with Crippen LogP contribution in [0, 0.1) is 12.7 Å². The number of amides is 2. The second-order valence-corrected chi connectivity index (χ2v) is 7.16. The number of hydrogen-bond donors (Lipinski definition) is 1. The number of likely N-dealkylation sites (N-methyl/N-ethyl adjacent to an activating group) is 1. The minimum atomic E-state index is -1.04. The molecule has 7 heteroatoms. The van der Waals surface area contributed by atoms with E-state index in [4.69, 9.17) is 5.73 Å². The molecule has 0 bridgehead atoms. The van der Waals surface area contributed by atoms with Gasteiger partial charge in [0, 0.05) is 28.1 Å². The summed E-state index contributed by atoms with van der Waals surface area (Å²) in [6, 6.07) is 12.2. The Balaban J connectivity index is 1.93. The van der Waals surface area contributed by atoms with E-state index in [2.05, 4.69) is 15.9 Å². The number of benzene rings is 2. The van der Waals surface area contributed by atoms with Crippen LogP contribution in [0.4, 0.5) is 4.39 Å². The Kier molecular flexibility index (Phi) is 5.32. The number of nitrogens with two attached hydrogens (primary N) is 1. The number of halogens is 2. The largest absolute Gasteiger partial charge is 0.368 e. The van der Waals surface area contributed by atoms with E-state index in [1.807, 2.05) is 35.8 Å². The van der Waals surface area contributed by atoms with Gasteiger partial charge >= 0.3 is 0 Å². The third-order valence-electron chi connectivity index (χ3n) is 4.66. The first-order chi connectivity index (χ1) is 12.8. The number of para-hydroxylation sites is 1. The number of carbonyl (C=O) groups is 2. The van der Waals surface area contributed by atoms with E-state index in [-0.39, 0.29) is 12.5 Å². The molecule has 0 aliphatic rings. The zero-order valence-electron chi connectivity index (χ0n) is 14.9. The smallest absolute Gasteiger partial charge is 0.244 e. The Morgan fingerprint density at radius 3 is 2.59 bits per heavy atom. The third-order valence-corrected chi connectivity index (χ3v) is 5.66. The monoisotopic (exact) mass is 431 g/mol. The molecule has 1 atom stereocenters. The van der Waals surface area contributed by atoms with Crippen molar-refractivity contribution in [2.24, 2.45) is 5.73 Å². The summed E-state index contributed by atoms with van der Waals surface area (Å²) in [5.41, 5.74) is 7.66. The van der Waals surface area contributed by atoms with Gasteiger partial charge in [-0.1, -0.05) is 30.3 Å². The second kappa shape index (κ2) is 7.52. The summed E-state index contributed by atoms with van der Waals surface area (Å²) >= 11 is 3.56. The molecule has 0 fully saturated rings. The van der Waals surface area contributed by atoms with E-state index in [1.54, 1.807) is 6.07 Å². The van der Waals surface area contributed by atoms with Crippen molar-refractivity contribution >= 4 is 38.6 Å². The first kappa shape index (κ1) is 19.1. The van der Waals surface area contributed by atoms with Crippen molar-refractivity contribution in [2.45, 2.75) is 19.5 Å². The number of fused-ring (bicyclic) bond motifs is 1. The van der Waals surface area contributed by atoms with Gasteiger partial charge in [0.05, 0.1) is 0 Å². The predicted octanol–water partition coefficient (Wildman–Crippen LogP) is 3.54. The SMILES string of the molecule is Cc1c(Br)c2ccccc2n1CC(=O)N(C)C(C(N)=O)c1cccc(F)c1. The highest BCUT2D eigenvalue weighted by Gasteiger charge is 2.28. The normalized spacial score (nSPS) is 12.1. The van der Waals surface area contributed by atoms with Crippen LogP contribution in [0.3, 0.4) is 0 Å². The van der Waals surface area contributed by atoms with Crippen molar-refractivity contribution < 1.29 is 14.0 Å². The lowest BCUT2D eigenvalue weighted by Gasteiger charge is -2.26. The van der Waals surface area contributed by atoms with Gasteiger partial charge in [-0.2, -0.15) is 0 Å². The van der Waals surface area contributed by atoms with E-state index < -0.39 is 17.8 Å². The van der Waals surface area contributed by atoms with Crippen LogP contribution in [0.25, 0.3) is 10.9 Å². The van der Waals surface area contributed by atoms with E-state index in [0.29, 0.717) is 5.56 Å². The van der Waals surface area contributed by atoms with E-state index in [9.17, 15) is 14.0 Å². The maximum atomic E-state index is 13.6. The molecule has 0 radical (unpaired) electrons. The molecule has 5 nitrogen and oxygen atoms in total. The fourth-order valence-electron chi connectivity index (χ4n) is 3.24. The molecule has 1 aromatic heterocycles. The molecule has 27 heavy (non-hydrogen) atoms. The van der Waals surface area contributed by atoms with Crippen LogP contribution in [0.5, 0.6) is 0 Å². The average molecular weight is 432 g/mol. The standard InChI is InChI=1S/C20H19BrFN3O2/c1-12-18(21)15-8-3-4-9-16(15)25(12)11-17(26)24(2)19(20(23)27)13-6-5-7-14(22)10-13/h3-10,19H,11H2,1-2H3,(H2,23,27). The van der Waals surface area contributed by atoms with E-state index in [1.165, 1.54) is 30.1 Å². The second-order valence-electron chi connectivity index (χ2n) is 6.37. The van der Waals surface area contributed by atoms with Gasteiger partial charge in [-0.15, -0.1) is 0 Å². The lowest BCUT2D eigenvalue weighted by molar-refractivity contribution is -0.138. The molecule has 0 saturated carbocycles. The molecule has 1 unspecified atom stereocenters. The highest BCUT2D eigenvalue weighted by Crippen LogP contribution is 2.31. The zero-order chi connectivity index (χ0) is 19.7. The number of rotatable bonds is 5. The molecule has 3 rings (SSSR count). The van der Waals surface area contributed by atoms with Gasteiger partial charge in [-0.05, 0) is 46.6 Å². The fourth-order valence-corrected chi connectivity index (χ4v) is 3.79. The Morgan fingerprint density at radius 2 is 1.93 bits per heavy atom. The fraction of sp³-hybridized carbons (Fsp3) is 0.200. The van der Waals surface area contributed by atoms with Crippen molar-refractivity contribution in [3.8, 4) is 0 Å². The van der Waals surface area contributed by atoms with E-state index >= 15 is 0 Å². The summed E-state index contributed by atoms with van der Waals surface area (Å²) < 4.78 is 16.4. The van der Waals surface area contributed by atoms with Crippen molar-refractivity contribution in [1.29, 1.82) is 0 Å². The Labute approximate surface area is 164 Å². The molecule has 1 heterocycles. The quantitative estimate of drug-likeness (QED) is 0.670. The van der Waals surface area contributed by atoms with Crippen molar-refractivity contribution in [1.82, 2.24) is 9.47 Å². The van der Waals surface area contributed by atoms with Crippen LogP contribution in [-0.2, 0) is 16.1 Å². The van der Waals surface area contributed by atoms with Crippen LogP contribution in [0.2, 0.25) is 0 Å². The summed E-state index contributed by atoms with van der Waals surface area (Å²) in [6.45, 7) is 1.95. The summed E-state index contributed by atoms with van der Waals surface area (Å²) in [4.78, 5) is 26.2. The van der Waals surface area contributed by atoms with Gasteiger partial charge in [-0.3, -0.25) is 9.59 Å². The third kappa shape index (κ3) is 3.60. The van der Waals surface area contributed by atoms with Crippen LogP contribution < -0.4 is 5.73 Å². The molecule has 2 amide bonds. The van der Waals surface area contributed by atoms with Crippen molar-refractivity contribution in [3.05, 3.63) is 70.1 Å². The van der Waals surface area contributed by atoms with Gasteiger partial charge in [-0.25, -0.2) is 4.39 Å². The predicted molar refractivity (Wildman–Crippen MR) is 105 cm³/mol. The lowest BCUT2D eigenvalue weighted by Crippen LogP contribution is -2.40. The maximum absolute atomic E-state index is 13.6. The van der Waals surface area contributed by atoms with Crippen LogP contribution in [0.15, 0.2) is 53.0 Å². The molecule has 140 valence electrons. The molecule has 0 aliphatic heterocycles. The summed E-state index contributed by atoms with van der Waals surface area (Å²) in [7, 11) is 1.50. The van der Waals surface area contributed by atoms with Crippen LogP contribution in [0.1, 0.15) is 17.3 Å². The zero-order valence-corrected chi connectivity index (χ0v) is 16.5. The topological polar surface area (TPSA) is 68.3 Å². The number of primary amides is 1. The number of aromatic nitrogens is 1. The Bertz CT molecular complexity index is 1030. The summed E-state index contributed by atoms with van der Waals surface area (Å²) in [6.07, 6.45) is 0. The number of hydrogen-bond acceptors (Lipinski definition) is 2. The first-order valence-corrected chi connectivity index (χ1v) is 9.14. The minimum absolute atomic E-state index is 0.0353. The van der Waals surface area contributed by atoms with Gasteiger partial charge < -0.3 is 15.2 Å². The lowest BCUT2D eigenvalue weighted by atomic mass is 10.0. The van der Waals surface area contributed by atoms with Gasteiger partial charge in [0.1, 0.15) is 18.4 Å². The molecule has 2 aromatic carbocycles. The highest BCUT2D eigenvalue weighted by molar-refractivity contribution is 9.10. The Morgan fingerprint density at radius 1 is 1.22 bits per heavy atom. The van der Waals surface area contributed by atoms with Crippen LogP contribution >= 0.6 is 15.9 Å². The average Bonchev–Trinajstić information content (AvgIpc) is 2.87. The number of nitrogens with zero attached hydrogens (tertiary/aromatic N) is 2. The minimum Gasteiger partial charge on any atom is -0.368 e. The summed E-state index contributed by atoms with van der Waals surface area (Å²) in [5, 5.41) is 1.00. The van der Waals surface area contributed by atoms with E-state index in [0.717, 1.165) is 21.1 Å². The number of carbonyl (C=O) groups excluding carboxylic acids is 2. The highest BCUT2D eigenvalue weighted by atomic mass is 79.9. The molecule has 0 spiro atoms.